The number of thiophene rings is 1. The van der Waals surface area contributed by atoms with Crippen LogP contribution in [0.25, 0.3) is 15.9 Å². The monoisotopic (exact) mass is 375 g/mol. The second-order valence-electron chi connectivity index (χ2n) is 7.21. The molecule has 0 aromatic carbocycles. The molecule has 0 bridgehead atoms. The standard InChI is InChI=1S/C18H25N5O2S/c1-9(2)22(10(3)4)14(24)8-21-18(25)23-13(7)19-17-15(16(23)20-21)11(5)12(6)26-17/h9-10H,8H2,1-7H3. The van der Waals surface area contributed by atoms with Crippen molar-refractivity contribution in [1.82, 2.24) is 24.1 Å². The maximum Gasteiger partial charge on any atom is 0.352 e. The van der Waals surface area contributed by atoms with Gasteiger partial charge in [-0.3, -0.25) is 4.79 Å². The highest BCUT2D eigenvalue weighted by molar-refractivity contribution is 7.18. The van der Waals surface area contributed by atoms with E-state index in [9.17, 15) is 9.59 Å². The third kappa shape index (κ3) is 2.82. The highest BCUT2D eigenvalue weighted by atomic mass is 32.1. The third-order valence-corrected chi connectivity index (χ3v) is 5.80. The Morgan fingerprint density at radius 1 is 1.15 bits per heavy atom. The van der Waals surface area contributed by atoms with Crippen molar-refractivity contribution >= 4 is 33.1 Å². The van der Waals surface area contributed by atoms with Crippen LogP contribution < -0.4 is 5.69 Å². The predicted molar refractivity (Wildman–Crippen MR) is 104 cm³/mol. The van der Waals surface area contributed by atoms with Gasteiger partial charge < -0.3 is 4.90 Å². The Kier molecular flexibility index (Phi) is 4.64. The molecule has 0 saturated carbocycles. The first-order valence-electron chi connectivity index (χ1n) is 8.80. The molecule has 3 aromatic rings. The number of aromatic nitrogens is 4. The predicted octanol–water partition coefficient (Wildman–Crippen LogP) is 2.68. The Balaban J connectivity index is 2.15. The van der Waals surface area contributed by atoms with E-state index in [-0.39, 0.29) is 30.2 Å². The summed E-state index contributed by atoms with van der Waals surface area (Å²) in [5.41, 5.74) is 1.33. The van der Waals surface area contributed by atoms with Crippen molar-refractivity contribution in [2.75, 3.05) is 0 Å². The number of hydrogen-bond donors (Lipinski definition) is 0. The van der Waals surface area contributed by atoms with Gasteiger partial charge in [-0.25, -0.2) is 18.9 Å². The average molecular weight is 375 g/mol. The molecule has 0 fully saturated rings. The van der Waals surface area contributed by atoms with Gasteiger partial charge in [-0.15, -0.1) is 16.4 Å². The van der Waals surface area contributed by atoms with Gasteiger partial charge in [0.1, 0.15) is 17.2 Å². The van der Waals surface area contributed by atoms with Gasteiger partial charge in [-0.1, -0.05) is 0 Å². The normalized spacial score (nSPS) is 12.0. The Labute approximate surface area is 156 Å². The molecule has 26 heavy (non-hydrogen) atoms. The van der Waals surface area contributed by atoms with Crippen LogP contribution >= 0.6 is 11.3 Å². The zero-order valence-electron chi connectivity index (χ0n) is 16.3. The van der Waals surface area contributed by atoms with Crippen molar-refractivity contribution in [3.8, 4) is 0 Å². The van der Waals surface area contributed by atoms with E-state index < -0.39 is 0 Å². The average Bonchev–Trinajstić information content (AvgIpc) is 2.97. The fourth-order valence-corrected chi connectivity index (χ4v) is 4.56. The minimum Gasteiger partial charge on any atom is -0.336 e. The van der Waals surface area contributed by atoms with Crippen LogP contribution in [0.3, 0.4) is 0 Å². The number of carbonyl (C=O) groups excluding carboxylic acids is 1. The summed E-state index contributed by atoms with van der Waals surface area (Å²) in [7, 11) is 0. The SMILES string of the molecule is Cc1sc2nc(C)n3c(=O)n(CC(=O)N(C(C)C)C(C)C)nc3c2c1C. The first kappa shape index (κ1) is 18.6. The van der Waals surface area contributed by atoms with Gasteiger partial charge >= 0.3 is 5.69 Å². The number of rotatable bonds is 4. The smallest absolute Gasteiger partial charge is 0.336 e. The van der Waals surface area contributed by atoms with Crippen molar-refractivity contribution in [3.63, 3.8) is 0 Å². The largest absolute Gasteiger partial charge is 0.352 e. The van der Waals surface area contributed by atoms with Crippen molar-refractivity contribution in [2.45, 2.75) is 67.1 Å². The molecular formula is C18H25N5O2S. The van der Waals surface area contributed by atoms with Gasteiger partial charge in [-0.2, -0.15) is 0 Å². The fourth-order valence-electron chi connectivity index (χ4n) is 3.49. The molecule has 3 rings (SSSR count). The van der Waals surface area contributed by atoms with Gasteiger partial charge in [0.2, 0.25) is 5.91 Å². The van der Waals surface area contributed by atoms with Gasteiger partial charge in [0, 0.05) is 17.0 Å². The van der Waals surface area contributed by atoms with Crippen LogP contribution in [0.4, 0.5) is 0 Å². The summed E-state index contributed by atoms with van der Waals surface area (Å²) in [6.07, 6.45) is 0. The van der Waals surface area contributed by atoms with Gasteiger partial charge in [-0.05, 0) is 54.0 Å². The molecule has 0 saturated heterocycles. The van der Waals surface area contributed by atoms with Gasteiger partial charge in [0.05, 0.1) is 5.39 Å². The molecule has 0 unspecified atom stereocenters. The van der Waals surface area contributed by atoms with E-state index in [1.54, 1.807) is 23.2 Å². The molecule has 0 atom stereocenters. The second-order valence-corrected chi connectivity index (χ2v) is 8.41. The minimum absolute atomic E-state index is 0.0621. The lowest BCUT2D eigenvalue weighted by Gasteiger charge is -2.30. The van der Waals surface area contributed by atoms with Crippen LogP contribution in [0, 0.1) is 20.8 Å². The van der Waals surface area contributed by atoms with Crippen molar-refractivity contribution in [1.29, 1.82) is 0 Å². The summed E-state index contributed by atoms with van der Waals surface area (Å²) in [6.45, 7) is 13.7. The molecule has 8 heteroatoms. The first-order valence-corrected chi connectivity index (χ1v) is 9.62. The molecule has 0 spiro atoms. The molecule has 3 aromatic heterocycles. The highest BCUT2D eigenvalue weighted by Crippen LogP contribution is 2.31. The maximum atomic E-state index is 12.9. The molecule has 140 valence electrons. The number of nitrogens with zero attached hydrogens (tertiary/aromatic N) is 5. The fraction of sp³-hybridized carbons (Fsp3) is 0.556. The topological polar surface area (TPSA) is 72.5 Å². The highest BCUT2D eigenvalue weighted by Gasteiger charge is 2.23. The molecule has 0 N–H and O–H groups in total. The summed E-state index contributed by atoms with van der Waals surface area (Å²) < 4.78 is 2.76. The van der Waals surface area contributed by atoms with E-state index >= 15 is 0 Å². The number of amides is 1. The number of aryl methyl sites for hydroxylation is 3. The summed E-state index contributed by atoms with van der Waals surface area (Å²) in [4.78, 5) is 34.0. The van der Waals surface area contributed by atoms with Crippen molar-refractivity contribution in [2.24, 2.45) is 0 Å². The third-order valence-electron chi connectivity index (χ3n) is 4.70. The molecule has 0 aliphatic carbocycles. The molecule has 1 amide bonds. The lowest BCUT2D eigenvalue weighted by atomic mass is 10.2. The number of carbonyl (C=O) groups is 1. The molecule has 0 radical (unpaired) electrons. The Morgan fingerprint density at radius 3 is 2.35 bits per heavy atom. The molecular weight excluding hydrogens is 350 g/mol. The van der Waals surface area contributed by atoms with Crippen molar-refractivity contribution < 1.29 is 4.79 Å². The Bertz CT molecular complexity index is 1050. The van der Waals surface area contributed by atoms with Crippen LogP contribution in [0.15, 0.2) is 4.79 Å². The van der Waals surface area contributed by atoms with Gasteiger partial charge in [0.15, 0.2) is 5.65 Å². The van der Waals surface area contributed by atoms with Gasteiger partial charge in [0.25, 0.3) is 0 Å². The second kappa shape index (κ2) is 6.50. The zero-order valence-corrected chi connectivity index (χ0v) is 17.1. The summed E-state index contributed by atoms with van der Waals surface area (Å²) in [5, 5.41) is 5.40. The first-order chi connectivity index (χ1) is 12.1. The summed E-state index contributed by atoms with van der Waals surface area (Å²) >= 11 is 1.60. The van der Waals surface area contributed by atoms with E-state index in [0.717, 1.165) is 20.7 Å². The van der Waals surface area contributed by atoms with E-state index in [1.165, 1.54) is 9.08 Å². The van der Waals surface area contributed by atoms with Crippen LogP contribution in [0.2, 0.25) is 0 Å². The zero-order chi connectivity index (χ0) is 19.3. The lowest BCUT2D eigenvalue weighted by molar-refractivity contribution is -0.135. The Hall–Kier alpha value is -2.22. The van der Waals surface area contributed by atoms with Crippen molar-refractivity contribution in [3.05, 3.63) is 26.7 Å². The number of fused-ring (bicyclic) bond motifs is 3. The molecule has 3 heterocycles. The van der Waals surface area contributed by atoms with E-state index in [1.807, 2.05) is 41.5 Å². The van der Waals surface area contributed by atoms with Crippen LogP contribution in [-0.2, 0) is 11.3 Å². The molecule has 0 aliphatic rings. The summed E-state index contributed by atoms with van der Waals surface area (Å²) in [6, 6.07) is 0.124. The van der Waals surface area contributed by atoms with E-state index in [0.29, 0.717) is 11.5 Å². The lowest BCUT2D eigenvalue weighted by Crippen LogP contribution is -2.45. The van der Waals surface area contributed by atoms with E-state index in [4.69, 9.17) is 0 Å². The number of hydrogen-bond acceptors (Lipinski definition) is 5. The minimum atomic E-state index is -0.323. The van der Waals surface area contributed by atoms with Crippen LogP contribution in [-0.4, -0.2) is 42.1 Å². The maximum absolute atomic E-state index is 12.9. The van der Waals surface area contributed by atoms with Crippen LogP contribution in [0.5, 0.6) is 0 Å². The van der Waals surface area contributed by atoms with E-state index in [2.05, 4.69) is 10.1 Å². The Morgan fingerprint density at radius 2 is 1.77 bits per heavy atom. The van der Waals surface area contributed by atoms with Crippen LogP contribution in [0.1, 0.15) is 44.0 Å². The summed E-state index contributed by atoms with van der Waals surface area (Å²) in [5.74, 6) is 0.475. The molecule has 7 nitrogen and oxygen atoms in total. The molecule has 0 aliphatic heterocycles. The quantitative estimate of drug-likeness (QED) is 0.703.